The van der Waals surface area contributed by atoms with Crippen molar-refractivity contribution in [2.45, 2.75) is 17.7 Å². The molecule has 170 valence electrons. The number of amides is 2. The van der Waals surface area contributed by atoms with Gasteiger partial charge in [-0.25, -0.2) is 4.39 Å². The van der Waals surface area contributed by atoms with Crippen LogP contribution in [0, 0.1) is 5.82 Å². The summed E-state index contributed by atoms with van der Waals surface area (Å²) in [4.78, 5) is 26.8. The monoisotopic (exact) mass is 480 g/mol. The summed E-state index contributed by atoms with van der Waals surface area (Å²) in [7, 11) is 0. The summed E-state index contributed by atoms with van der Waals surface area (Å²) >= 11 is 3.19. The molecule has 0 aromatic heterocycles. The molecule has 3 aromatic rings. The number of carbonyl (C=O) groups excluding carboxylic acids is 2. The number of hydrogen-bond donors (Lipinski definition) is 1. The molecule has 1 fully saturated rings. The number of nitrogens with one attached hydrogen (secondary N) is 1. The minimum Gasteiger partial charge on any atom is -0.351 e. The topological polar surface area (TPSA) is 49.4 Å². The van der Waals surface area contributed by atoms with E-state index in [1.54, 1.807) is 47.8 Å². The summed E-state index contributed by atoms with van der Waals surface area (Å²) in [6, 6.07) is 24.2. The van der Waals surface area contributed by atoms with Gasteiger partial charge in [-0.1, -0.05) is 60.7 Å². The van der Waals surface area contributed by atoms with Crippen molar-refractivity contribution in [3.05, 3.63) is 107 Å². The molecule has 0 saturated carbocycles. The van der Waals surface area contributed by atoms with Crippen LogP contribution in [-0.4, -0.2) is 34.8 Å². The van der Waals surface area contributed by atoms with E-state index >= 15 is 0 Å². The predicted octanol–water partition coefficient (Wildman–Crippen LogP) is 5.26. The number of nitrogens with zero attached hydrogens (tertiary/aromatic N) is 1. The molecule has 4 nitrogen and oxygen atoms in total. The molecule has 0 aliphatic carbocycles. The van der Waals surface area contributed by atoms with Crippen LogP contribution in [0.3, 0.4) is 0 Å². The summed E-state index contributed by atoms with van der Waals surface area (Å²) < 4.78 is 13.6. The molecule has 2 amide bonds. The lowest BCUT2D eigenvalue weighted by Gasteiger charge is -2.24. The number of rotatable bonds is 9. The fraction of sp³-hybridized carbons (Fsp3) is 0.231. The maximum absolute atomic E-state index is 13.6. The molecule has 1 atom stereocenters. The lowest BCUT2D eigenvalue weighted by atomic mass is 10.1. The molecule has 1 saturated heterocycles. The van der Waals surface area contributed by atoms with E-state index in [0.717, 1.165) is 11.1 Å². The quantitative estimate of drug-likeness (QED) is 0.424. The number of carbonyl (C=O) groups is 2. The minimum absolute atomic E-state index is 0.0513. The van der Waals surface area contributed by atoms with Crippen LogP contribution in [-0.2, 0) is 17.1 Å². The fourth-order valence-electron chi connectivity index (χ4n) is 3.62. The van der Waals surface area contributed by atoms with Crippen molar-refractivity contribution in [1.29, 1.82) is 0 Å². The second-order valence-corrected chi connectivity index (χ2v) is 9.87. The van der Waals surface area contributed by atoms with Gasteiger partial charge in [-0.05, 0) is 34.9 Å². The third kappa shape index (κ3) is 6.18. The zero-order chi connectivity index (χ0) is 23.0. The molecule has 1 N–H and O–H groups in total. The van der Waals surface area contributed by atoms with Crippen LogP contribution in [0.25, 0.3) is 0 Å². The van der Waals surface area contributed by atoms with Crippen LogP contribution < -0.4 is 5.32 Å². The molecule has 4 rings (SSSR count). The largest absolute Gasteiger partial charge is 0.351 e. The van der Waals surface area contributed by atoms with E-state index in [1.165, 1.54) is 6.07 Å². The maximum atomic E-state index is 13.6. The summed E-state index contributed by atoms with van der Waals surface area (Å²) in [5, 5.41) is 2.86. The second kappa shape index (κ2) is 11.4. The molecule has 1 heterocycles. The van der Waals surface area contributed by atoms with E-state index in [0.29, 0.717) is 41.5 Å². The Morgan fingerprint density at radius 2 is 1.76 bits per heavy atom. The maximum Gasteiger partial charge on any atom is 0.251 e. The van der Waals surface area contributed by atoms with Crippen molar-refractivity contribution < 1.29 is 14.0 Å². The first-order chi connectivity index (χ1) is 16.1. The first kappa shape index (κ1) is 23.4. The van der Waals surface area contributed by atoms with Gasteiger partial charge in [-0.2, -0.15) is 11.8 Å². The Hall–Kier alpha value is -2.77. The van der Waals surface area contributed by atoms with Crippen molar-refractivity contribution in [3.8, 4) is 0 Å². The van der Waals surface area contributed by atoms with Gasteiger partial charge in [0.1, 0.15) is 11.2 Å². The number of benzene rings is 3. The van der Waals surface area contributed by atoms with Gasteiger partial charge in [0.25, 0.3) is 5.91 Å². The van der Waals surface area contributed by atoms with Crippen molar-refractivity contribution in [2.75, 3.05) is 18.1 Å². The predicted molar refractivity (Wildman–Crippen MR) is 134 cm³/mol. The molecule has 33 heavy (non-hydrogen) atoms. The lowest BCUT2D eigenvalue weighted by Crippen LogP contribution is -2.28. The zero-order valence-corrected chi connectivity index (χ0v) is 19.7. The molecular formula is C26H25FN2O2S2. The highest BCUT2D eigenvalue weighted by molar-refractivity contribution is 8.00. The molecule has 0 bridgehead atoms. The normalized spacial score (nSPS) is 15.6. The summed E-state index contributed by atoms with van der Waals surface area (Å²) in [6.45, 7) is 1.08. The van der Waals surface area contributed by atoms with Gasteiger partial charge in [-0.3, -0.25) is 9.59 Å². The molecule has 1 unspecified atom stereocenters. The number of halogens is 1. The van der Waals surface area contributed by atoms with Crippen LogP contribution >= 0.6 is 23.5 Å². The first-order valence-electron chi connectivity index (χ1n) is 10.8. The standard InChI is InChI=1S/C26H25FN2O2S2/c27-23-9-5-4-8-22(23)17-32-15-14-28-25(31)20-10-12-21(13-11-20)26-29(24(30)18-33-26)16-19-6-2-1-3-7-19/h1-13,26H,14-18H2,(H,28,31). The molecule has 3 aromatic carbocycles. The minimum atomic E-state index is -0.196. The van der Waals surface area contributed by atoms with Gasteiger partial charge in [0.2, 0.25) is 5.91 Å². The smallest absolute Gasteiger partial charge is 0.251 e. The molecule has 1 aliphatic rings. The van der Waals surface area contributed by atoms with Crippen LogP contribution in [0.4, 0.5) is 4.39 Å². The summed E-state index contributed by atoms with van der Waals surface area (Å²) in [5.74, 6) is 1.54. The molecule has 0 spiro atoms. The van der Waals surface area contributed by atoms with Crippen LogP contribution in [0.5, 0.6) is 0 Å². The lowest BCUT2D eigenvalue weighted by molar-refractivity contribution is -0.128. The van der Waals surface area contributed by atoms with E-state index in [9.17, 15) is 14.0 Å². The summed E-state index contributed by atoms with van der Waals surface area (Å²) in [5.41, 5.74) is 3.37. The Morgan fingerprint density at radius 3 is 2.52 bits per heavy atom. The van der Waals surface area contributed by atoms with Crippen molar-refractivity contribution in [2.24, 2.45) is 0 Å². The Morgan fingerprint density at radius 1 is 1.03 bits per heavy atom. The van der Waals surface area contributed by atoms with E-state index in [1.807, 2.05) is 53.4 Å². The van der Waals surface area contributed by atoms with Crippen molar-refractivity contribution in [1.82, 2.24) is 10.2 Å². The first-order valence-corrected chi connectivity index (χ1v) is 13.0. The van der Waals surface area contributed by atoms with Gasteiger partial charge in [0, 0.05) is 30.2 Å². The Bertz CT molecular complexity index is 1090. The Labute approximate surface area is 202 Å². The van der Waals surface area contributed by atoms with E-state index < -0.39 is 0 Å². The van der Waals surface area contributed by atoms with Crippen LogP contribution in [0.2, 0.25) is 0 Å². The SMILES string of the molecule is O=C(NCCSCc1ccccc1F)c1ccc(C2SCC(=O)N2Cc2ccccc2)cc1. The number of thioether (sulfide) groups is 2. The van der Waals surface area contributed by atoms with Crippen LogP contribution in [0.1, 0.15) is 32.4 Å². The van der Waals surface area contributed by atoms with E-state index in [4.69, 9.17) is 0 Å². The molecule has 7 heteroatoms. The Kier molecular flexibility index (Phi) is 8.07. The van der Waals surface area contributed by atoms with Gasteiger partial charge < -0.3 is 10.2 Å². The second-order valence-electron chi connectivity index (χ2n) is 7.69. The number of hydrogen-bond acceptors (Lipinski definition) is 4. The highest BCUT2D eigenvalue weighted by atomic mass is 32.2. The molecular weight excluding hydrogens is 455 g/mol. The Balaban J connectivity index is 1.28. The fourth-order valence-corrected chi connectivity index (χ4v) is 5.65. The van der Waals surface area contributed by atoms with E-state index in [2.05, 4.69) is 5.32 Å². The van der Waals surface area contributed by atoms with Gasteiger partial charge in [0.15, 0.2) is 0 Å². The third-order valence-electron chi connectivity index (χ3n) is 5.37. The van der Waals surface area contributed by atoms with Gasteiger partial charge in [-0.15, -0.1) is 11.8 Å². The van der Waals surface area contributed by atoms with Crippen molar-refractivity contribution >= 4 is 35.3 Å². The van der Waals surface area contributed by atoms with Gasteiger partial charge in [0.05, 0.1) is 5.75 Å². The van der Waals surface area contributed by atoms with Gasteiger partial charge >= 0.3 is 0 Å². The average Bonchev–Trinajstić information content (AvgIpc) is 3.20. The highest BCUT2D eigenvalue weighted by Crippen LogP contribution is 2.39. The zero-order valence-electron chi connectivity index (χ0n) is 18.1. The third-order valence-corrected chi connectivity index (χ3v) is 7.63. The van der Waals surface area contributed by atoms with Crippen molar-refractivity contribution in [3.63, 3.8) is 0 Å². The summed E-state index contributed by atoms with van der Waals surface area (Å²) in [6.07, 6.45) is 0. The highest BCUT2D eigenvalue weighted by Gasteiger charge is 2.32. The van der Waals surface area contributed by atoms with E-state index in [-0.39, 0.29) is 23.0 Å². The average molecular weight is 481 g/mol. The molecule has 0 radical (unpaired) electrons. The molecule has 1 aliphatic heterocycles. The van der Waals surface area contributed by atoms with Crippen LogP contribution in [0.15, 0.2) is 78.9 Å².